The van der Waals surface area contributed by atoms with Crippen LogP contribution in [-0.4, -0.2) is 63.3 Å². The van der Waals surface area contributed by atoms with Crippen molar-refractivity contribution < 1.29 is 14.3 Å². The predicted molar refractivity (Wildman–Crippen MR) is 127 cm³/mol. The Morgan fingerprint density at radius 2 is 2.00 bits per heavy atom. The lowest BCUT2D eigenvalue weighted by atomic mass is 9.96. The van der Waals surface area contributed by atoms with Crippen molar-refractivity contribution in [3.63, 3.8) is 0 Å². The number of benzene rings is 1. The maximum absolute atomic E-state index is 10.8. The molecule has 1 heterocycles. The van der Waals surface area contributed by atoms with Gasteiger partial charge in [-0.1, -0.05) is 12.1 Å². The average Bonchev–Trinajstić information content (AvgIpc) is 2.71. The summed E-state index contributed by atoms with van der Waals surface area (Å²) in [6, 6.07) is 7.70. The number of nitrogens with zero attached hydrogens (tertiary/aromatic N) is 2. The summed E-state index contributed by atoms with van der Waals surface area (Å²) in [6.45, 7) is 6.35. The number of amides is 1. The van der Waals surface area contributed by atoms with Crippen LogP contribution in [0.3, 0.4) is 0 Å². The predicted octanol–water partition coefficient (Wildman–Crippen LogP) is 2.43. The van der Waals surface area contributed by atoms with Crippen molar-refractivity contribution in [3.05, 3.63) is 29.8 Å². The van der Waals surface area contributed by atoms with Crippen molar-refractivity contribution in [3.8, 4) is 5.75 Å². The Labute approximate surface area is 191 Å². The number of ether oxygens (including phenoxy) is 2. The number of guanidine groups is 1. The van der Waals surface area contributed by atoms with Crippen molar-refractivity contribution in [2.24, 2.45) is 16.6 Å². The lowest BCUT2D eigenvalue weighted by Gasteiger charge is -2.26. The molecule has 0 aliphatic carbocycles. The first-order valence-electron chi connectivity index (χ1n) is 10.2. The Balaban J connectivity index is 0.00000420. The molecule has 164 valence electrons. The van der Waals surface area contributed by atoms with Crippen LogP contribution in [-0.2, 0) is 16.0 Å². The van der Waals surface area contributed by atoms with E-state index in [4.69, 9.17) is 20.2 Å². The van der Waals surface area contributed by atoms with Gasteiger partial charge in [0.15, 0.2) is 12.6 Å². The van der Waals surface area contributed by atoms with Crippen LogP contribution in [0.15, 0.2) is 29.3 Å². The number of carbonyl (C=O) groups excluding carboxylic acids is 1. The van der Waals surface area contributed by atoms with Gasteiger partial charge in [-0.3, -0.25) is 9.79 Å². The first kappa shape index (κ1) is 25.5. The Morgan fingerprint density at radius 3 is 2.62 bits per heavy atom. The molecule has 8 heteroatoms. The highest BCUT2D eigenvalue weighted by Gasteiger charge is 2.15. The third kappa shape index (κ3) is 10.2. The zero-order chi connectivity index (χ0) is 20.2. The van der Waals surface area contributed by atoms with Crippen molar-refractivity contribution >= 4 is 35.8 Å². The molecule has 1 aliphatic heterocycles. The quantitative estimate of drug-likeness (QED) is 0.282. The van der Waals surface area contributed by atoms with Crippen molar-refractivity contribution in [1.29, 1.82) is 0 Å². The number of nitrogens with one attached hydrogen (secondary N) is 1. The zero-order valence-electron chi connectivity index (χ0n) is 17.6. The second-order valence-corrected chi connectivity index (χ2v) is 7.15. The second-order valence-electron chi connectivity index (χ2n) is 7.15. The van der Waals surface area contributed by atoms with Crippen molar-refractivity contribution in [2.75, 3.05) is 46.5 Å². The standard InChI is InChI=1S/C21H34N4O3.HI/c1-3-23-21(25(2)13-9-18-10-14-27-15-11-18)24-12-8-17-4-6-19(7-5-17)28-16-20(22)26;/h4-7,18H,3,8-16H2,1-2H3,(H2,22,26)(H,23,24);1H. The third-order valence-corrected chi connectivity index (χ3v) is 4.88. The number of carbonyl (C=O) groups is 1. The lowest BCUT2D eigenvalue weighted by molar-refractivity contribution is -0.119. The van der Waals surface area contributed by atoms with Gasteiger partial charge in [0, 0.05) is 39.9 Å². The normalized spacial score (nSPS) is 14.8. The molecule has 0 aromatic heterocycles. The summed E-state index contributed by atoms with van der Waals surface area (Å²) >= 11 is 0. The smallest absolute Gasteiger partial charge is 0.255 e. The highest BCUT2D eigenvalue weighted by Crippen LogP contribution is 2.18. The second kappa shape index (κ2) is 14.4. The minimum Gasteiger partial charge on any atom is -0.484 e. The molecule has 0 atom stereocenters. The molecule has 29 heavy (non-hydrogen) atoms. The fourth-order valence-electron chi connectivity index (χ4n) is 3.18. The van der Waals surface area contributed by atoms with Gasteiger partial charge in [-0.25, -0.2) is 0 Å². The number of rotatable bonds is 10. The first-order valence-corrected chi connectivity index (χ1v) is 10.2. The minimum atomic E-state index is -0.477. The molecule has 1 aromatic carbocycles. The van der Waals surface area contributed by atoms with Crippen LogP contribution < -0.4 is 15.8 Å². The molecule has 0 radical (unpaired) electrons. The number of halogens is 1. The van der Waals surface area contributed by atoms with E-state index in [1.165, 1.54) is 24.8 Å². The van der Waals surface area contributed by atoms with Gasteiger partial charge in [-0.15, -0.1) is 24.0 Å². The Bertz CT molecular complexity index is 619. The number of hydrogen-bond donors (Lipinski definition) is 2. The zero-order valence-corrected chi connectivity index (χ0v) is 19.9. The number of nitrogens with two attached hydrogens (primary N) is 1. The van der Waals surface area contributed by atoms with E-state index >= 15 is 0 Å². The third-order valence-electron chi connectivity index (χ3n) is 4.88. The molecule has 1 amide bonds. The summed E-state index contributed by atoms with van der Waals surface area (Å²) in [4.78, 5) is 17.7. The maximum atomic E-state index is 10.8. The van der Waals surface area contributed by atoms with Gasteiger partial charge >= 0.3 is 0 Å². The largest absolute Gasteiger partial charge is 0.484 e. The molecular formula is C21H35IN4O3. The van der Waals surface area contributed by atoms with Gasteiger partial charge in [-0.05, 0) is 56.2 Å². The first-order chi connectivity index (χ1) is 13.6. The van der Waals surface area contributed by atoms with E-state index in [9.17, 15) is 4.79 Å². The fraction of sp³-hybridized carbons (Fsp3) is 0.619. The molecule has 2 rings (SSSR count). The molecule has 1 fully saturated rings. The highest BCUT2D eigenvalue weighted by atomic mass is 127. The van der Waals surface area contributed by atoms with E-state index in [2.05, 4.69) is 24.2 Å². The molecule has 1 aliphatic rings. The average molecular weight is 518 g/mol. The Hall–Kier alpha value is -1.55. The van der Waals surface area contributed by atoms with Crippen LogP contribution >= 0.6 is 24.0 Å². The van der Waals surface area contributed by atoms with E-state index in [1.807, 2.05) is 24.3 Å². The van der Waals surface area contributed by atoms with Gasteiger partial charge in [0.1, 0.15) is 5.75 Å². The number of primary amides is 1. The number of aliphatic imine (C=N–C) groups is 1. The molecule has 1 aromatic rings. The van der Waals surface area contributed by atoms with Crippen LogP contribution in [0.2, 0.25) is 0 Å². The molecule has 1 saturated heterocycles. The molecule has 0 bridgehead atoms. The molecule has 0 saturated carbocycles. The molecular weight excluding hydrogens is 483 g/mol. The van der Waals surface area contributed by atoms with E-state index in [1.54, 1.807) is 0 Å². The summed E-state index contributed by atoms with van der Waals surface area (Å²) in [5.41, 5.74) is 6.26. The summed E-state index contributed by atoms with van der Waals surface area (Å²) in [5.74, 6) is 1.88. The lowest BCUT2D eigenvalue weighted by Crippen LogP contribution is -2.40. The maximum Gasteiger partial charge on any atom is 0.255 e. The van der Waals surface area contributed by atoms with Gasteiger partial charge in [0.25, 0.3) is 5.91 Å². The molecule has 7 nitrogen and oxygen atoms in total. The molecule has 3 N–H and O–H groups in total. The van der Waals surface area contributed by atoms with E-state index in [-0.39, 0.29) is 30.6 Å². The summed E-state index contributed by atoms with van der Waals surface area (Å²) in [6.07, 6.45) is 4.36. The van der Waals surface area contributed by atoms with Gasteiger partial charge in [0.2, 0.25) is 0 Å². The minimum absolute atomic E-state index is 0. The SMILES string of the molecule is CCNC(=NCCc1ccc(OCC(N)=O)cc1)N(C)CCC1CCOCC1.I. The van der Waals surface area contributed by atoms with E-state index in [0.29, 0.717) is 12.3 Å². The van der Waals surface area contributed by atoms with Gasteiger partial charge in [0.05, 0.1) is 0 Å². The molecule has 0 spiro atoms. The van der Waals surface area contributed by atoms with Crippen LogP contribution in [0.5, 0.6) is 5.75 Å². The van der Waals surface area contributed by atoms with E-state index in [0.717, 1.165) is 44.6 Å². The summed E-state index contributed by atoms with van der Waals surface area (Å²) in [7, 11) is 2.10. The van der Waals surface area contributed by atoms with Crippen LogP contribution in [0, 0.1) is 5.92 Å². The molecule has 0 unspecified atom stereocenters. The Morgan fingerprint density at radius 1 is 1.31 bits per heavy atom. The van der Waals surface area contributed by atoms with Crippen molar-refractivity contribution in [1.82, 2.24) is 10.2 Å². The van der Waals surface area contributed by atoms with Crippen molar-refractivity contribution in [2.45, 2.75) is 32.6 Å². The topological polar surface area (TPSA) is 89.2 Å². The van der Waals surface area contributed by atoms with Crippen LogP contribution in [0.1, 0.15) is 31.7 Å². The van der Waals surface area contributed by atoms with Crippen LogP contribution in [0.4, 0.5) is 0 Å². The highest BCUT2D eigenvalue weighted by molar-refractivity contribution is 14.0. The monoisotopic (exact) mass is 518 g/mol. The van der Waals surface area contributed by atoms with Gasteiger partial charge < -0.3 is 25.4 Å². The number of hydrogen-bond acceptors (Lipinski definition) is 4. The Kier molecular flexibility index (Phi) is 12.7. The summed E-state index contributed by atoms with van der Waals surface area (Å²) < 4.78 is 10.7. The van der Waals surface area contributed by atoms with E-state index < -0.39 is 5.91 Å². The van der Waals surface area contributed by atoms with Crippen LogP contribution in [0.25, 0.3) is 0 Å². The van der Waals surface area contributed by atoms with Gasteiger partial charge in [-0.2, -0.15) is 0 Å². The fourth-order valence-corrected chi connectivity index (χ4v) is 3.18. The summed E-state index contributed by atoms with van der Waals surface area (Å²) in [5, 5.41) is 3.38.